The van der Waals surface area contributed by atoms with Crippen molar-refractivity contribution in [3.05, 3.63) is 71.6 Å². The highest BCUT2D eigenvalue weighted by molar-refractivity contribution is 6.09. The van der Waals surface area contributed by atoms with Gasteiger partial charge in [0.15, 0.2) is 0 Å². The Labute approximate surface area is 172 Å². The zero-order valence-electron chi connectivity index (χ0n) is 17.2. The third-order valence-electron chi connectivity index (χ3n) is 5.26. The van der Waals surface area contributed by atoms with E-state index in [-0.39, 0.29) is 6.61 Å². The summed E-state index contributed by atoms with van der Waals surface area (Å²) >= 11 is 0. The van der Waals surface area contributed by atoms with Gasteiger partial charge < -0.3 is 20.7 Å². The van der Waals surface area contributed by atoms with Crippen LogP contribution in [0.15, 0.2) is 49.1 Å². The van der Waals surface area contributed by atoms with E-state index in [1.807, 2.05) is 13.0 Å². The van der Waals surface area contributed by atoms with Crippen molar-refractivity contribution in [3.63, 3.8) is 0 Å². The Morgan fingerprint density at radius 3 is 2.79 bits per heavy atom. The number of allylic oxidation sites excluding steroid dienone is 2. The Balaban J connectivity index is 2.15. The fraction of sp³-hybridized carbons (Fsp3) is 0.348. The molecule has 1 atom stereocenters. The molecule has 1 unspecified atom stereocenters. The van der Waals surface area contributed by atoms with Crippen LogP contribution < -0.4 is 10.2 Å². The summed E-state index contributed by atoms with van der Waals surface area (Å²) in [5.74, 6) is 0.760. The van der Waals surface area contributed by atoms with Gasteiger partial charge in [0.05, 0.1) is 6.61 Å². The number of nitrogens with zero attached hydrogens (tertiary/aromatic N) is 3. The lowest BCUT2D eigenvalue weighted by atomic mass is 9.86. The number of rotatable bonds is 8. The van der Waals surface area contributed by atoms with E-state index >= 15 is 0 Å². The fourth-order valence-corrected chi connectivity index (χ4v) is 3.98. The Morgan fingerprint density at radius 1 is 1.38 bits per heavy atom. The van der Waals surface area contributed by atoms with Gasteiger partial charge in [0, 0.05) is 60.8 Å². The first-order valence-corrected chi connectivity index (χ1v) is 9.97. The van der Waals surface area contributed by atoms with E-state index in [0.29, 0.717) is 19.0 Å². The minimum Gasteiger partial charge on any atom is -0.395 e. The van der Waals surface area contributed by atoms with Crippen LogP contribution in [0.3, 0.4) is 0 Å². The highest BCUT2D eigenvalue weighted by Crippen LogP contribution is 2.38. The zero-order chi connectivity index (χ0) is 20.8. The summed E-state index contributed by atoms with van der Waals surface area (Å²) < 4.78 is 0. The van der Waals surface area contributed by atoms with E-state index in [0.717, 1.165) is 41.1 Å². The average molecular weight is 392 g/mol. The number of hydrogen-bond acceptors (Lipinski definition) is 6. The first-order chi connectivity index (χ1) is 14.1. The standard InChI is InChI=1S/C23H29N5O/c1-16(2)28-17(3)5-6-20-21(13-23-26-9-4-10-27-23)19(7-8-22(20)28)18(14-24)15-25-11-12-29/h4,7-10,14-15,17,24-25,29H,1,5-6,11-13H2,2-3H3/b18-15+,24-14?. The molecule has 0 fully saturated rings. The quantitative estimate of drug-likeness (QED) is 0.475. The molecule has 0 aliphatic carbocycles. The highest BCUT2D eigenvalue weighted by Gasteiger charge is 2.27. The van der Waals surface area contributed by atoms with Gasteiger partial charge in [-0.3, -0.25) is 0 Å². The molecule has 1 aromatic heterocycles. The smallest absolute Gasteiger partial charge is 0.132 e. The summed E-state index contributed by atoms with van der Waals surface area (Å²) in [5, 5.41) is 20.1. The van der Waals surface area contributed by atoms with Crippen LogP contribution in [-0.4, -0.2) is 40.5 Å². The van der Waals surface area contributed by atoms with Gasteiger partial charge >= 0.3 is 0 Å². The van der Waals surface area contributed by atoms with Gasteiger partial charge in [-0.2, -0.15) is 0 Å². The summed E-state index contributed by atoms with van der Waals surface area (Å²) in [4.78, 5) is 11.2. The third kappa shape index (κ3) is 4.54. The number of nitrogens with one attached hydrogen (secondary N) is 2. The molecule has 6 nitrogen and oxygen atoms in total. The number of anilines is 1. The van der Waals surface area contributed by atoms with Gasteiger partial charge in [0.2, 0.25) is 0 Å². The van der Waals surface area contributed by atoms with Gasteiger partial charge in [0.1, 0.15) is 5.82 Å². The minimum atomic E-state index is 0.0438. The lowest BCUT2D eigenvalue weighted by Gasteiger charge is -2.38. The van der Waals surface area contributed by atoms with Crippen molar-refractivity contribution in [2.75, 3.05) is 18.1 Å². The summed E-state index contributed by atoms with van der Waals surface area (Å²) in [6, 6.07) is 6.42. The van der Waals surface area contributed by atoms with E-state index in [2.05, 4.69) is 45.8 Å². The van der Waals surface area contributed by atoms with Gasteiger partial charge in [-0.15, -0.1) is 0 Å². The van der Waals surface area contributed by atoms with E-state index < -0.39 is 0 Å². The first-order valence-electron chi connectivity index (χ1n) is 9.97. The summed E-state index contributed by atoms with van der Waals surface area (Å²) in [6.45, 7) is 8.95. The zero-order valence-corrected chi connectivity index (χ0v) is 17.2. The average Bonchev–Trinajstić information content (AvgIpc) is 2.72. The molecule has 29 heavy (non-hydrogen) atoms. The summed E-state index contributed by atoms with van der Waals surface area (Å²) in [5.41, 5.74) is 6.39. The second-order valence-electron chi connectivity index (χ2n) is 7.35. The maximum absolute atomic E-state index is 9.06. The Hall–Kier alpha value is -2.99. The van der Waals surface area contributed by atoms with Crippen molar-refractivity contribution in [1.82, 2.24) is 15.3 Å². The monoisotopic (exact) mass is 391 g/mol. The molecular weight excluding hydrogens is 362 g/mol. The van der Waals surface area contributed by atoms with Crippen molar-refractivity contribution in [2.24, 2.45) is 0 Å². The van der Waals surface area contributed by atoms with Crippen LogP contribution in [0, 0.1) is 5.41 Å². The number of fused-ring (bicyclic) bond motifs is 1. The largest absolute Gasteiger partial charge is 0.395 e. The number of hydrogen-bond donors (Lipinski definition) is 3. The summed E-state index contributed by atoms with van der Waals surface area (Å²) in [7, 11) is 0. The number of aliphatic hydroxyl groups is 1. The van der Waals surface area contributed by atoms with E-state index in [1.165, 1.54) is 17.5 Å². The highest BCUT2D eigenvalue weighted by atomic mass is 16.3. The SMILES string of the molecule is C=C(C)N1c2ccc(/C(C=N)=C/NCCO)c(Cc3ncccn3)c2CCC1C. The molecular formula is C23H29N5O. The van der Waals surface area contributed by atoms with Gasteiger partial charge in [0.25, 0.3) is 0 Å². The van der Waals surface area contributed by atoms with Crippen LogP contribution in [-0.2, 0) is 12.8 Å². The lowest BCUT2D eigenvalue weighted by molar-refractivity contribution is 0.298. The molecule has 1 aliphatic heterocycles. The number of aromatic nitrogens is 2. The molecule has 0 saturated carbocycles. The maximum atomic E-state index is 9.06. The molecule has 1 aromatic carbocycles. The summed E-state index contributed by atoms with van der Waals surface area (Å²) in [6.07, 6.45) is 9.27. The van der Waals surface area contributed by atoms with Crippen molar-refractivity contribution in [3.8, 4) is 0 Å². The predicted molar refractivity (Wildman–Crippen MR) is 118 cm³/mol. The van der Waals surface area contributed by atoms with Crippen LogP contribution in [0.5, 0.6) is 0 Å². The normalized spacial score (nSPS) is 16.3. The molecule has 3 N–H and O–H groups in total. The van der Waals surface area contributed by atoms with Crippen molar-refractivity contribution in [2.45, 2.75) is 39.2 Å². The van der Waals surface area contributed by atoms with Gasteiger partial charge in [-0.25, -0.2) is 9.97 Å². The van der Waals surface area contributed by atoms with Crippen LogP contribution in [0.25, 0.3) is 5.57 Å². The van der Waals surface area contributed by atoms with Gasteiger partial charge in [-0.1, -0.05) is 12.6 Å². The minimum absolute atomic E-state index is 0.0438. The van der Waals surface area contributed by atoms with E-state index in [4.69, 9.17) is 10.5 Å². The molecule has 0 saturated heterocycles. The van der Waals surface area contributed by atoms with Gasteiger partial charge in [-0.05, 0) is 55.5 Å². The predicted octanol–water partition coefficient (Wildman–Crippen LogP) is 3.31. The first kappa shape index (κ1) is 20.7. The van der Waals surface area contributed by atoms with Crippen LogP contribution in [0.1, 0.15) is 42.8 Å². The molecule has 1 aliphatic rings. The topological polar surface area (TPSA) is 85.1 Å². The molecule has 2 aromatic rings. The molecule has 2 heterocycles. The maximum Gasteiger partial charge on any atom is 0.132 e. The molecule has 3 rings (SSSR count). The Morgan fingerprint density at radius 2 is 2.14 bits per heavy atom. The van der Waals surface area contributed by atoms with Crippen molar-refractivity contribution >= 4 is 17.5 Å². The fourth-order valence-electron chi connectivity index (χ4n) is 3.98. The lowest BCUT2D eigenvalue weighted by Crippen LogP contribution is -2.36. The molecule has 6 heteroatoms. The van der Waals surface area contributed by atoms with Crippen molar-refractivity contribution < 1.29 is 5.11 Å². The molecule has 0 radical (unpaired) electrons. The Bertz CT molecular complexity index is 907. The second-order valence-corrected chi connectivity index (χ2v) is 7.35. The third-order valence-corrected chi connectivity index (χ3v) is 5.26. The number of benzene rings is 1. The molecule has 0 spiro atoms. The van der Waals surface area contributed by atoms with Crippen LogP contribution in [0.2, 0.25) is 0 Å². The van der Waals surface area contributed by atoms with E-state index in [9.17, 15) is 0 Å². The molecule has 0 amide bonds. The second kappa shape index (κ2) is 9.47. The number of aliphatic hydroxyl groups excluding tert-OH is 1. The molecule has 152 valence electrons. The Kier molecular flexibility index (Phi) is 6.77. The van der Waals surface area contributed by atoms with Crippen LogP contribution in [0.4, 0.5) is 5.69 Å². The van der Waals surface area contributed by atoms with Crippen LogP contribution >= 0.6 is 0 Å². The molecule has 0 bridgehead atoms. The van der Waals surface area contributed by atoms with E-state index in [1.54, 1.807) is 18.6 Å². The van der Waals surface area contributed by atoms with Crippen molar-refractivity contribution in [1.29, 1.82) is 5.41 Å².